The summed E-state index contributed by atoms with van der Waals surface area (Å²) in [5.74, 6) is -1.59. The Morgan fingerprint density at radius 1 is 1.05 bits per heavy atom. The number of aromatic nitrogens is 3. The number of pyridine rings is 1. The van der Waals surface area contributed by atoms with Gasteiger partial charge in [-0.1, -0.05) is 11.6 Å². The van der Waals surface area contributed by atoms with E-state index in [-0.39, 0.29) is 0 Å². The maximum Gasteiger partial charge on any atom is 0.185 e. The van der Waals surface area contributed by atoms with Gasteiger partial charge in [-0.2, -0.15) is 0 Å². The summed E-state index contributed by atoms with van der Waals surface area (Å²) in [6, 6.07) is 6.63. The van der Waals surface area contributed by atoms with E-state index in [1.54, 1.807) is 12.1 Å². The van der Waals surface area contributed by atoms with E-state index in [0.29, 0.717) is 27.9 Å². The molecule has 0 atom stereocenters. The minimum absolute atomic E-state index is 0.297. The molecule has 0 aliphatic heterocycles. The van der Waals surface area contributed by atoms with Crippen molar-refractivity contribution < 1.29 is 8.78 Å². The van der Waals surface area contributed by atoms with Crippen LogP contribution in [-0.4, -0.2) is 14.6 Å². The molecule has 1 aromatic carbocycles. The van der Waals surface area contributed by atoms with Crippen molar-refractivity contribution >= 4 is 22.9 Å². The molecular formula is C12H7ClF2N4. The van der Waals surface area contributed by atoms with Crippen LogP contribution in [-0.2, 0) is 0 Å². The lowest BCUT2D eigenvalue weighted by Crippen LogP contribution is -1.96. The zero-order chi connectivity index (χ0) is 13.6. The maximum absolute atomic E-state index is 13.3. The van der Waals surface area contributed by atoms with Gasteiger partial charge < -0.3 is 5.73 Å². The number of nitrogens with zero attached hydrogens (tertiary/aromatic N) is 3. The summed E-state index contributed by atoms with van der Waals surface area (Å²) in [4.78, 5) is 0. The molecule has 0 spiro atoms. The molecule has 0 saturated heterocycles. The Kier molecular flexibility index (Phi) is 2.60. The highest BCUT2D eigenvalue weighted by Gasteiger charge is 2.14. The van der Waals surface area contributed by atoms with Crippen LogP contribution in [0.3, 0.4) is 0 Å². The molecule has 2 N–H and O–H groups in total. The summed E-state index contributed by atoms with van der Waals surface area (Å²) in [6.45, 7) is 0. The van der Waals surface area contributed by atoms with Crippen molar-refractivity contribution in [3.05, 3.63) is 47.1 Å². The fourth-order valence-electron chi connectivity index (χ4n) is 1.80. The van der Waals surface area contributed by atoms with E-state index in [1.807, 2.05) is 0 Å². The Labute approximate surface area is 111 Å². The maximum atomic E-state index is 13.3. The van der Waals surface area contributed by atoms with Gasteiger partial charge in [-0.3, -0.25) is 4.40 Å². The molecule has 0 fully saturated rings. The van der Waals surface area contributed by atoms with E-state index >= 15 is 0 Å². The number of hydrogen-bond donors (Lipinski definition) is 1. The van der Waals surface area contributed by atoms with E-state index in [4.69, 9.17) is 17.3 Å². The second kappa shape index (κ2) is 4.17. The topological polar surface area (TPSA) is 56.2 Å². The Morgan fingerprint density at radius 3 is 2.58 bits per heavy atom. The van der Waals surface area contributed by atoms with Crippen LogP contribution in [0.1, 0.15) is 0 Å². The quantitative estimate of drug-likeness (QED) is 0.697. The first-order valence-electron chi connectivity index (χ1n) is 5.32. The number of hydrogen-bond acceptors (Lipinski definition) is 3. The lowest BCUT2D eigenvalue weighted by Gasteiger charge is -2.04. The van der Waals surface area contributed by atoms with Crippen molar-refractivity contribution in [1.82, 2.24) is 14.6 Å². The largest absolute Gasteiger partial charge is 0.396 e. The Bertz CT molecular complexity index is 785. The Morgan fingerprint density at radius 2 is 1.84 bits per heavy atom. The van der Waals surface area contributed by atoms with Crippen molar-refractivity contribution in [3.63, 3.8) is 0 Å². The molecule has 2 heterocycles. The first-order valence-corrected chi connectivity index (χ1v) is 5.70. The molecule has 7 heteroatoms. The molecule has 0 aliphatic rings. The normalized spacial score (nSPS) is 11.1. The van der Waals surface area contributed by atoms with Crippen molar-refractivity contribution in [1.29, 1.82) is 0 Å². The second-order valence-corrected chi connectivity index (χ2v) is 4.31. The van der Waals surface area contributed by atoms with Crippen molar-refractivity contribution in [2.45, 2.75) is 0 Å². The minimum atomic E-state index is -0.964. The molecule has 0 aliphatic carbocycles. The molecule has 0 amide bonds. The number of rotatable bonds is 1. The zero-order valence-electron chi connectivity index (χ0n) is 9.44. The van der Waals surface area contributed by atoms with E-state index in [2.05, 4.69) is 10.2 Å². The Balaban J connectivity index is 2.31. The molecule has 0 radical (unpaired) electrons. The molecule has 0 saturated carbocycles. The standard InChI is InChI=1S/C12H7ClF2N4/c13-10-4-3-9(16)12-18-17-11(19(10)12)6-1-2-7(14)8(15)5-6/h1-5H,16H2. The molecule has 96 valence electrons. The highest BCUT2D eigenvalue weighted by Crippen LogP contribution is 2.26. The van der Waals surface area contributed by atoms with Gasteiger partial charge in [0, 0.05) is 5.56 Å². The average molecular weight is 281 g/mol. The van der Waals surface area contributed by atoms with E-state index in [1.165, 1.54) is 10.5 Å². The van der Waals surface area contributed by atoms with Crippen LogP contribution in [0, 0.1) is 11.6 Å². The van der Waals surface area contributed by atoms with Crippen molar-refractivity contribution in [2.75, 3.05) is 5.73 Å². The van der Waals surface area contributed by atoms with Gasteiger partial charge in [0.2, 0.25) is 0 Å². The lowest BCUT2D eigenvalue weighted by atomic mass is 10.2. The van der Waals surface area contributed by atoms with Gasteiger partial charge in [0.1, 0.15) is 5.15 Å². The fourth-order valence-corrected chi connectivity index (χ4v) is 2.03. The van der Waals surface area contributed by atoms with E-state index in [0.717, 1.165) is 12.1 Å². The fraction of sp³-hybridized carbons (Fsp3) is 0. The number of halogens is 3. The monoisotopic (exact) mass is 280 g/mol. The van der Waals surface area contributed by atoms with E-state index in [9.17, 15) is 8.78 Å². The number of benzene rings is 1. The van der Waals surface area contributed by atoms with Crippen LogP contribution in [0.15, 0.2) is 30.3 Å². The molecule has 3 rings (SSSR count). The number of nitrogen functional groups attached to an aromatic ring is 1. The lowest BCUT2D eigenvalue weighted by molar-refractivity contribution is 0.509. The molecule has 19 heavy (non-hydrogen) atoms. The first kappa shape index (κ1) is 11.9. The summed E-state index contributed by atoms with van der Waals surface area (Å²) in [5.41, 5.74) is 6.88. The summed E-state index contributed by atoms with van der Waals surface area (Å²) < 4.78 is 27.7. The van der Waals surface area contributed by atoms with Crippen LogP contribution < -0.4 is 5.73 Å². The van der Waals surface area contributed by atoms with Gasteiger partial charge in [-0.05, 0) is 30.3 Å². The molecular weight excluding hydrogens is 274 g/mol. The highest BCUT2D eigenvalue weighted by molar-refractivity contribution is 6.30. The van der Waals surface area contributed by atoms with Gasteiger partial charge in [-0.15, -0.1) is 10.2 Å². The Hall–Kier alpha value is -2.21. The smallest absolute Gasteiger partial charge is 0.185 e. The van der Waals surface area contributed by atoms with Gasteiger partial charge in [0.25, 0.3) is 0 Å². The van der Waals surface area contributed by atoms with Crippen LogP contribution in [0.25, 0.3) is 17.0 Å². The van der Waals surface area contributed by atoms with Crippen molar-refractivity contribution in [3.8, 4) is 11.4 Å². The SMILES string of the molecule is Nc1ccc(Cl)n2c(-c3ccc(F)c(F)c3)nnc12. The summed E-state index contributed by atoms with van der Waals surface area (Å²) in [5, 5.41) is 8.14. The highest BCUT2D eigenvalue weighted by atomic mass is 35.5. The van der Waals surface area contributed by atoms with Crippen molar-refractivity contribution in [2.24, 2.45) is 0 Å². The molecule has 3 aromatic rings. The number of nitrogens with two attached hydrogens (primary N) is 1. The third kappa shape index (κ3) is 1.80. The minimum Gasteiger partial charge on any atom is -0.396 e. The molecule has 0 unspecified atom stereocenters. The summed E-state index contributed by atoms with van der Waals surface area (Å²) in [7, 11) is 0. The van der Waals surface area contributed by atoms with Gasteiger partial charge in [0.15, 0.2) is 23.1 Å². The van der Waals surface area contributed by atoms with Crippen LogP contribution in [0.5, 0.6) is 0 Å². The third-order valence-corrected chi connectivity index (χ3v) is 3.01. The van der Waals surface area contributed by atoms with Crippen LogP contribution in [0.4, 0.5) is 14.5 Å². The molecule has 0 bridgehead atoms. The van der Waals surface area contributed by atoms with Gasteiger partial charge in [-0.25, -0.2) is 8.78 Å². The van der Waals surface area contributed by atoms with Crippen LogP contribution >= 0.6 is 11.6 Å². The molecule has 4 nitrogen and oxygen atoms in total. The van der Waals surface area contributed by atoms with Crippen LogP contribution in [0.2, 0.25) is 5.15 Å². The van der Waals surface area contributed by atoms with Gasteiger partial charge in [0.05, 0.1) is 5.69 Å². The first-order chi connectivity index (χ1) is 9.08. The van der Waals surface area contributed by atoms with E-state index < -0.39 is 11.6 Å². The average Bonchev–Trinajstić information content (AvgIpc) is 2.83. The van der Waals surface area contributed by atoms with Gasteiger partial charge >= 0.3 is 0 Å². The zero-order valence-corrected chi connectivity index (χ0v) is 10.2. The number of fused-ring (bicyclic) bond motifs is 1. The summed E-state index contributed by atoms with van der Waals surface area (Å²) in [6.07, 6.45) is 0. The second-order valence-electron chi connectivity index (χ2n) is 3.92. The predicted octanol–water partition coefficient (Wildman–Crippen LogP) is 2.91. The number of anilines is 1. The molecule has 2 aromatic heterocycles. The predicted molar refractivity (Wildman–Crippen MR) is 67.8 cm³/mol. The summed E-state index contributed by atoms with van der Waals surface area (Å²) >= 11 is 6.06. The third-order valence-electron chi connectivity index (χ3n) is 2.71.